The number of hydrogen-bond acceptors (Lipinski definition) is 6. The molecule has 3 aromatic rings. The van der Waals surface area contributed by atoms with Gasteiger partial charge in [-0.3, -0.25) is 9.59 Å². The Bertz CT molecular complexity index is 1340. The Kier molecular flexibility index (Phi) is 8.00. The molecule has 8 heteroatoms. The van der Waals surface area contributed by atoms with Crippen LogP contribution in [0.5, 0.6) is 11.5 Å². The van der Waals surface area contributed by atoms with Gasteiger partial charge in [-0.15, -0.1) is 0 Å². The molecule has 4 N–H and O–H groups in total. The number of aliphatic hydroxyl groups excluding tert-OH is 2. The molecule has 3 aromatic carbocycles. The van der Waals surface area contributed by atoms with Gasteiger partial charge in [0.05, 0.1) is 35.4 Å². The summed E-state index contributed by atoms with van der Waals surface area (Å²) in [5, 5.41) is 27.2. The smallest absolute Gasteiger partial charge is 0.255 e. The van der Waals surface area contributed by atoms with E-state index in [1.165, 1.54) is 24.3 Å². The molecule has 206 valence electrons. The summed E-state index contributed by atoms with van der Waals surface area (Å²) >= 11 is 0. The number of fused-ring (bicyclic) bond motifs is 2. The van der Waals surface area contributed by atoms with E-state index in [0.29, 0.717) is 12.8 Å². The Morgan fingerprint density at radius 3 is 1.55 bits per heavy atom. The molecule has 0 heterocycles. The molecule has 0 bridgehead atoms. The van der Waals surface area contributed by atoms with E-state index in [1.807, 2.05) is 48.5 Å². The van der Waals surface area contributed by atoms with Gasteiger partial charge < -0.3 is 30.3 Å². The number of nitrogens with one attached hydrogen (secondary N) is 2. The van der Waals surface area contributed by atoms with Crippen LogP contribution in [-0.2, 0) is 12.8 Å². The van der Waals surface area contributed by atoms with E-state index in [4.69, 9.17) is 9.47 Å². The van der Waals surface area contributed by atoms with Crippen molar-refractivity contribution in [3.63, 3.8) is 0 Å². The third-order valence-corrected chi connectivity index (χ3v) is 7.27. The molecule has 5 rings (SSSR count). The van der Waals surface area contributed by atoms with Gasteiger partial charge in [-0.1, -0.05) is 73.8 Å². The Hall–Kier alpha value is -4.40. The van der Waals surface area contributed by atoms with Gasteiger partial charge in [0.2, 0.25) is 0 Å². The van der Waals surface area contributed by atoms with E-state index in [1.54, 1.807) is 0 Å². The van der Waals surface area contributed by atoms with Crippen LogP contribution >= 0.6 is 0 Å². The van der Waals surface area contributed by atoms with Crippen LogP contribution < -0.4 is 20.1 Å². The molecule has 0 spiro atoms. The first-order chi connectivity index (χ1) is 19.4. The lowest BCUT2D eigenvalue weighted by Gasteiger charge is -2.22. The molecular formula is C32H32N2O6. The average molecular weight is 541 g/mol. The molecule has 4 atom stereocenters. The van der Waals surface area contributed by atoms with Crippen LogP contribution in [-0.4, -0.2) is 47.4 Å². The first kappa shape index (κ1) is 27.2. The highest BCUT2D eigenvalue weighted by molar-refractivity contribution is 6.02. The number of rotatable bonds is 10. The summed E-state index contributed by atoms with van der Waals surface area (Å²) in [5.74, 6) is -0.672. The summed E-state index contributed by atoms with van der Waals surface area (Å²) in [5.41, 5.74) is 3.93. The number of carbonyl (C=O) groups is 2. The summed E-state index contributed by atoms with van der Waals surface area (Å²) in [6.07, 6.45) is 2.38. The van der Waals surface area contributed by atoms with Crippen LogP contribution in [0.3, 0.4) is 0 Å². The van der Waals surface area contributed by atoms with Crippen LogP contribution in [0.25, 0.3) is 0 Å². The summed E-state index contributed by atoms with van der Waals surface area (Å²) in [7, 11) is 0. The highest BCUT2D eigenvalue weighted by atomic mass is 16.5. The van der Waals surface area contributed by atoms with Crippen molar-refractivity contribution < 1.29 is 29.3 Å². The van der Waals surface area contributed by atoms with Crippen molar-refractivity contribution >= 4 is 11.8 Å². The minimum Gasteiger partial charge on any atom is -0.489 e. The van der Waals surface area contributed by atoms with Crippen LogP contribution in [0.15, 0.2) is 86.0 Å². The van der Waals surface area contributed by atoms with Gasteiger partial charge in [0.25, 0.3) is 11.8 Å². The monoisotopic (exact) mass is 540 g/mol. The topological polar surface area (TPSA) is 117 Å². The zero-order valence-electron chi connectivity index (χ0n) is 22.0. The minimum atomic E-state index is -0.777. The fourth-order valence-corrected chi connectivity index (χ4v) is 5.38. The van der Waals surface area contributed by atoms with Crippen molar-refractivity contribution in [2.75, 3.05) is 13.2 Å². The van der Waals surface area contributed by atoms with E-state index in [9.17, 15) is 19.8 Å². The van der Waals surface area contributed by atoms with Crippen molar-refractivity contribution in [3.8, 4) is 11.5 Å². The third-order valence-electron chi connectivity index (χ3n) is 7.27. The van der Waals surface area contributed by atoms with Crippen LogP contribution in [0.4, 0.5) is 0 Å². The highest BCUT2D eigenvalue weighted by Crippen LogP contribution is 2.35. The SMILES string of the molecule is C=CCOc1cc(C(=O)N[C@H]2c3ccccc3C[C@H]2O)c(OCC=C)cc1C(=O)N[C@H]1c2ccccc2C[C@H]1O. The Morgan fingerprint density at radius 1 is 0.750 bits per heavy atom. The normalized spacial score (nSPS) is 20.6. The standard InChI is InChI=1S/C32H32N2O6/c1-3-13-39-27-17-24(32(38)34-30-22-12-8-6-10-20(22)16-26(30)36)28(40-14-4-2)18-23(27)31(37)33-29-21-11-7-5-9-19(21)15-25(29)35/h3-12,17-18,25-26,29-30,35-36H,1-2,13-16H2,(H,33,37)(H,34,38)/t25-,26-,29+,30+/m1/s1. The summed E-state index contributed by atoms with van der Waals surface area (Å²) in [6.45, 7) is 7.55. The largest absolute Gasteiger partial charge is 0.489 e. The van der Waals surface area contributed by atoms with Crippen molar-refractivity contribution in [2.45, 2.75) is 37.1 Å². The third kappa shape index (κ3) is 5.36. The number of carbonyl (C=O) groups excluding carboxylic acids is 2. The quantitative estimate of drug-likeness (QED) is 0.292. The van der Waals surface area contributed by atoms with Gasteiger partial charge >= 0.3 is 0 Å². The highest BCUT2D eigenvalue weighted by Gasteiger charge is 2.35. The van der Waals surface area contributed by atoms with E-state index in [0.717, 1.165) is 22.3 Å². The van der Waals surface area contributed by atoms with E-state index in [-0.39, 0.29) is 35.8 Å². The number of amides is 2. The molecule has 0 aromatic heterocycles. The minimum absolute atomic E-state index is 0.0950. The maximum absolute atomic E-state index is 13.6. The number of ether oxygens (including phenoxy) is 2. The van der Waals surface area contributed by atoms with E-state index < -0.39 is 36.1 Å². The summed E-state index contributed by atoms with van der Waals surface area (Å²) in [4.78, 5) is 27.1. The molecule has 2 amide bonds. The van der Waals surface area contributed by atoms with Crippen molar-refractivity contribution in [1.82, 2.24) is 10.6 Å². The second kappa shape index (κ2) is 11.8. The number of benzene rings is 3. The molecule has 2 aliphatic carbocycles. The fourth-order valence-electron chi connectivity index (χ4n) is 5.38. The van der Waals surface area contributed by atoms with E-state index in [2.05, 4.69) is 23.8 Å². The lowest BCUT2D eigenvalue weighted by atomic mass is 10.0. The van der Waals surface area contributed by atoms with Crippen LogP contribution in [0.2, 0.25) is 0 Å². The predicted molar refractivity (Wildman–Crippen MR) is 151 cm³/mol. The van der Waals surface area contributed by atoms with Gasteiger partial charge in [-0.25, -0.2) is 0 Å². The zero-order valence-corrected chi connectivity index (χ0v) is 22.0. The Morgan fingerprint density at radius 2 is 1.15 bits per heavy atom. The van der Waals surface area contributed by atoms with E-state index >= 15 is 0 Å². The van der Waals surface area contributed by atoms with Crippen LogP contribution in [0.1, 0.15) is 55.1 Å². The lowest BCUT2D eigenvalue weighted by Crippen LogP contribution is -2.35. The van der Waals surface area contributed by atoms with Crippen molar-refractivity contribution in [3.05, 3.63) is 119 Å². The molecular weight excluding hydrogens is 508 g/mol. The molecule has 0 radical (unpaired) electrons. The first-order valence-electron chi connectivity index (χ1n) is 13.2. The summed E-state index contributed by atoms with van der Waals surface area (Å²) < 4.78 is 11.6. The van der Waals surface area contributed by atoms with Gasteiger partial charge in [0, 0.05) is 12.8 Å². The molecule has 0 aliphatic heterocycles. The van der Waals surface area contributed by atoms with Crippen LogP contribution in [0, 0.1) is 0 Å². The Balaban J connectivity index is 1.47. The summed E-state index contributed by atoms with van der Waals surface area (Å²) in [6, 6.07) is 16.9. The molecule has 0 saturated carbocycles. The van der Waals surface area contributed by atoms with Crippen molar-refractivity contribution in [2.24, 2.45) is 0 Å². The van der Waals surface area contributed by atoms with Gasteiger partial charge in [-0.05, 0) is 34.4 Å². The maximum atomic E-state index is 13.6. The molecule has 0 saturated heterocycles. The molecule has 0 unspecified atom stereocenters. The molecule has 40 heavy (non-hydrogen) atoms. The second-order valence-electron chi connectivity index (χ2n) is 9.89. The average Bonchev–Trinajstić information content (AvgIpc) is 3.45. The lowest BCUT2D eigenvalue weighted by molar-refractivity contribution is 0.0844. The van der Waals surface area contributed by atoms with Gasteiger partial charge in [0.1, 0.15) is 24.7 Å². The maximum Gasteiger partial charge on any atom is 0.255 e. The zero-order chi connectivity index (χ0) is 28.2. The molecule has 2 aliphatic rings. The number of hydrogen-bond donors (Lipinski definition) is 4. The molecule has 0 fully saturated rings. The Labute approximate surface area is 233 Å². The van der Waals surface area contributed by atoms with Gasteiger partial charge in [-0.2, -0.15) is 0 Å². The predicted octanol–water partition coefficient (Wildman–Crippen LogP) is 3.59. The fraction of sp³-hybridized carbons (Fsp3) is 0.250. The van der Waals surface area contributed by atoms with Crippen molar-refractivity contribution in [1.29, 1.82) is 0 Å². The molecule has 8 nitrogen and oxygen atoms in total. The second-order valence-corrected chi connectivity index (χ2v) is 9.89. The van der Waals surface area contributed by atoms with Gasteiger partial charge in [0.15, 0.2) is 0 Å². The number of aliphatic hydroxyl groups is 2. The first-order valence-corrected chi connectivity index (χ1v) is 13.2.